The first-order chi connectivity index (χ1) is 17.6. The molecular formula is C36H40Cl2Zr-2. The average Bonchev–Trinajstić information content (AvgIpc) is 3.61. The van der Waals surface area contributed by atoms with Crippen molar-refractivity contribution in [2.24, 2.45) is 0 Å². The van der Waals surface area contributed by atoms with Crippen molar-refractivity contribution < 1.29 is 49.0 Å². The number of hydrogen-bond donors (Lipinski definition) is 0. The second kappa shape index (κ2) is 12.6. The van der Waals surface area contributed by atoms with Crippen LogP contribution in [0, 0.1) is 6.08 Å². The average molecular weight is 635 g/mol. The van der Waals surface area contributed by atoms with Crippen LogP contribution >= 0.6 is 0 Å². The fourth-order valence-corrected chi connectivity index (χ4v) is 7.41. The Labute approximate surface area is 263 Å². The SMILES string of the molecule is CC1=CC(C)(C)c2cc3[cH-]c4cc5c(cc4c3cc21)C(C)=CC5(C)C.[C-]1=CC=CC1.[Cl-].[Cl-].[Zr+2]=[C]1CCCCC1. The molecule has 0 aromatic heterocycles. The van der Waals surface area contributed by atoms with Gasteiger partial charge >= 0.3 is 59.5 Å². The van der Waals surface area contributed by atoms with E-state index >= 15 is 0 Å². The van der Waals surface area contributed by atoms with E-state index in [9.17, 15) is 0 Å². The maximum absolute atomic E-state index is 2.99. The van der Waals surface area contributed by atoms with E-state index in [2.05, 4.69) is 96.2 Å². The van der Waals surface area contributed by atoms with Crippen molar-refractivity contribution in [2.45, 2.75) is 90.9 Å². The van der Waals surface area contributed by atoms with Gasteiger partial charge in [0.2, 0.25) is 0 Å². The molecule has 0 N–H and O–H groups in total. The van der Waals surface area contributed by atoms with Crippen molar-refractivity contribution >= 4 is 35.9 Å². The van der Waals surface area contributed by atoms with Gasteiger partial charge in [-0.15, -0.1) is 46.2 Å². The molecule has 3 aromatic rings. The van der Waals surface area contributed by atoms with Crippen LogP contribution in [-0.4, -0.2) is 3.21 Å². The number of fused-ring (bicyclic) bond motifs is 5. The van der Waals surface area contributed by atoms with Crippen molar-refractivity contribution in [3.05, 3.63) is 89.0 Å². The molecule has 3 heteroatoms. The topological polar surface area (TPSA) is 0 Å². The van der Waals surface area contributed by atoms with Crippen LogP contribution in [0.25, 0.3) is 32.7 Å². The molecule has 39 heavy (non-hydrogen) atoms. The summed E-state index contributed by atoms with van der Waals surface area (Å²) in [5.74, 6) is 0. The predicted octanol–water partition coefficient (Wildman–Crippen LogP) is 4.08. The summed E-state index contributed by atoms with van der Waals surface area (Å²) in [6, 6.07) is 12.1. The molecular weight excluding hydrogens is 595 g/mol. The van der Waals surface area contributed by atoms with E-state index in [4.69, 9.17) is 0 Å². The zero-order valence-corrected chi connectivity index (χ0v) is 28.2. The van der Waals surface area contributed by atoms with Crippen LogP contribution in [0.3, 0.4) is 0 Å². The Morgan fingerprint density at radius 2 is 1.23 bits per heavy atom. The summed E-state index contributed by atoms with van der Waals surface area (Å²) in [4.78, 5) is 0. The van der Waals surface area contributed by atoms with Gasteiger partial charge in [0.25, 0.3) is 0 Å². The van der Waals surface area contributed by atoms with Crippen LogP contribution < -0.4 is 24.8 Å². The van der Waals surface area contributed by atoms with Gasteiger partial charge in [-0.05, 0) is 36.1 Å². The van der Waals surface area contributed by atoms with Gasteiger partial charge in [-0.1, -0.05) is 63.1 Å². The summed E-state index contributed by atoms with van der Waals surface area (Å²) in [6.07, 6.45) is 22.1. The number of allylic oxidation sites excluding steroid dienone is 8. The van der Waals surface area contributed by atoms with Crippen LogP contribution in [-0.2, 0) is 35.1 Å². The molecule has 7 rings (SSSR count). The molecule has 204 valence electrons. The van der Waals surface area contributed by atoms with E-state index in [1.165, 1.54) is 87.0 Å². The molecule has 0 radical (unpaired) electrons. The van der Waals surface area contributed by atoms with Crippen LogP contribution in [0.5, 0.6) is 0 Å². The van der Waals surface area contributed by atoms with Crippen LogP contribution in [0.1, 0.15) is 102 Å². The molecule has 4 aliphatic carbocycles. The third-order valence-corrected chi connectivity index (χ3v) is 9.65. The second-order valence-corrected chi connectivity index (χ2v) is 14.1. The molecule has 0 heterocycles. The normalized spacial score (nSPS) is 19.1. The van der Waals surface area contributed by atoms with Crippen LogP contribution in [0.15, 0.2) is 60.7 Å². The van der Waals surface area contributed by atoms with Crippen molar-refractivity contribution in [2.75, 3.05) is 0 Å². The fourth-order valence-electron chi connectivity index (χ4n) is 6.54. The zero-order chi connectivity index (χ0) is 26.4. The Balaban J connectivity index is 0.000000250. The number of benzene rings is 2. The minimum atomic E-state index is 0. The van der Waals surface area contributed by atoms with E-state index < -0.39 is 0 Å². The minimum absolute atomic E-state index is 0. The monoisotopic (exact) mass is 632 g/mol. The van der Waals surface area contributed by atoms with E-state index in [1.54, 1.807) is 27.4 Å². The first kappa shape index (κ1) is 32.1. The Bertz CT molecular complexity index is 1400. The Morgan fingerprint density at radius 1 is 0.744 bits per heavy atom. The molecule has 0 bridgehead atoms. The van der Waals surface area contributed by atoms with E-state index in [-0.39, 0.29) is 35.6 Å². The fraction of sp³-hybridized carbons (Fsp3) is 0.389. The molecule has 0 amide bonds. The zero-order valence-electron chi connectivity index (χ0n) is 24.3. The second-order valence-electron chi connectivity index (χ2n) is 12.4. The Hall–Kier alpha value is -1.40. The number of halogens is 2. The first-order valence-electron chi connectivity index (χ1n) is 14.0. The first-order valence-corrected chi connectivity index (χ1v) is 15.2. The molecule has 0 nitrogen and oxygen atoms in total. The van der Waals surface area contributed by atoms with Crippen molar-refractivity contribution in [3.8, 4) is 0 Å². The standard InChI is InChI=1S/C25H25.C6H10.C5H5.2ClH.Zr/c1-14-12-24(3,4)22-8-16-7-17-9-23-19(15(2)13-25(23,5)6)11-21(17)20(16)10-18(14)22;1-2-4-6-5-3-1;1-2-4-5-3-1;;;/h7-13H,1-6H3;1-5H2;1-3H,4H2;2*1H;/q-1;;-1;;;+2/p-2. The summed E-state index contributed by atoms with van der Waals surface area (Å²) >= 11 is 1.69. The third-order valence-electron chi connectivity index (χ3n) is 8.42. The third kappa shape index (κ3) is 6.58. The van der Waals surface area contributed by atoms with Gasteiger partial charge in [0.1, 0.15) is 0 Å². The number of rotatable bonds is 0. The van der Waals surface area contributed by atoms with Crippen molar-refractivity contribution in [1.29, 1.82) is 0 Å². The summed E-state index contributed by atoms with van der Waals surface area (Å²) < 4.78 is 1.80. The van der Waals surface area contributed by atoms with Gasteiger partial charge in [0.15, 0.2) is 0 Å². The summed E-state index contributed by atoms with van der Waals surface area (Å²) in [5.41, 5.74) is 8.90. The molecule has 0 aliphatic heterocycles. The predicted molar refractivity (Wildman–Crippen MR) is 160 cm³/mol. The van der Waals surface area contributed by atoms with Crippen molar-refractivity contribution in [1.82, 2.24) is 0 Å². The maximum atomic E-state index is 2.99. The molecule has 1 saturated carbocycles. The Kier molecular flexibility index (Phi) is 10.4. The van der Waals surface area contributed by atoms with Gasteiger partial charge in [-0.3, -0.25) is 6.08 Å². The molecule has 0 unspecified atom stereocenters. The summed E-state index contributed by atoms with van der Waals surface area (Å²) in [7, 11) is 0. The van der Waals surface area contributed by atoms with Crippen molar-refractivity contribution in [3.63, 3.8) is 0 Å². The van der Waals surface area contributed by atoms with Gasteiger partial charge in [-0.25, -0.2) is 12.2 Å². The van der Waals surface area contributed by atoms with E-state index in [1.807, 2.05) is 12.2 Å². The van der Waals surface area contributed by atoms with Gasteiger partial charge < -0.3 is 24.8 Å². The van der Waals surface area contributed by atoms with Gasteiger partial charge in [0.05, 0.1) is 0 Å². The Morgan fingerprint density at radius 3 is 1.56 bits per heavy atom. The van der Waals surface area contributed by atoms with Crippen LogP contribution in [0.4, 0.5) is 0 Å². The van der Waals surface area contributed by atoms with E-state index in [0.29, 0.717) is 0 Å². The molecule has 0 atom stereocenters. The molecule has 0 spiro atoms. The molecule has 0 saturated heterocycles. The van der Waals surface area contributed by atoms with Crippen LogP contribution in [0.2, 0.25) is 0 Å². The molecule has 1 fully saturated rings. The van der Waals surface area contributed by atoms with Gasteiger partial charge in [-0.2, -0.15) is 6.08 Å². The van der Waals surface area contributed by atoms with E-state index in [0.717, 1.165) is 6.42 Å². The number of hydrogen-bond acceptors (Lipinski definition) is 0. The summed E-state index contributed by atoms with van der Waals surface area (Å²) in [6.45, 7) is 13.8. The summed E-state index contributed by atoms with van der Waals surface area (Å²) in [5, 5.41) is 5.57. The van der Waals surface area contributed by atoms with Gasteiger partial charge in [0, 0.05) is 10.8 Å². The molecule has 4 aliphatic rings. The quantitative estimate of drug-likeness (QED) is 0.327. The molecule has 3 aromatic carbocycles.